The van der Waals surface area contributed by atoms with Crippen molar-refractivity contribution in [1.29, 1.82) is 0 Å². The molecule has 0 bridgehead atoms. The average Bonchev–Trinajstić information content (AvgIpc) is 2.99. The highest BCUT2D eigenvalue weighted by Gasteiger charge is 2.05. The smallest absolute Gasteiger partial charge is 0.243 e. The van der Waals surface area contributed by atoms with Gasteiger partial charge in [-0.15, -0.1) is 0 Å². The van der Waals surface area contributed by atoms with Gasteiger partial charge in [0.1, 0.15) is 5.76 Å². The van der Waals surface area contributed by atoms with Crippen molar-refractivity contribution in [3.63, 3.8) is 0 Å². The summed E-state index contributed by atoms with van der Waals surface area (Å²) in [4.78, 5) is 16.8. The number of halogens is 1. The lowest BCUT2D eigenvalue weighted by Crippen LogP contribution is -2.24. The molecule has 0 saturated carbocycles. The summed E-state index contributed by atoms with van der Waals surface area (Å²) < 4.78 is 5.20. The molecular weight excluding hydrogens is 290 g/mol. The maximum Gasteiger partial charge on any atom is 0.243 e. The van der Waals surface area contributed by atoms with Crippen molar-refractivity contribution < 1.29 is 14.0 Å². The summed E-state index contributed by atoms with van der Waals surface area (Å²) in [5.41, 5.74) is 3.40. The minimum Gasteiger partial charge on any atom is -0.469 e. The molecule has 0 radical (unpaired) electrons. The number of rotatable bonds is 8. The third-order valence-corrected chi connectivity index (χ3v) is 3.38. The molecule has 0 fully saturated rings. The van der Waals surface area contributed by atoms with Crippen molar-refractivity contribution in [3.05, 3.63) is 59.0 Å². The number of hydroxylamine groups is 1. The Balaban J connectivity index is 1.56. The molecule has 2 aromatic rings. The Bertz CT molecular complexity index is 554. The molecule has 0 atom stereocenters. The largest absolute Gasteiger partial charge is 0.469 e. The molecule has 2 rings (SSSR count). The van der Waals surface area contributed by atoms with Gasteiger partial charge < -0.3 is 4.42 Å². The average molecular weight is 308 g/mol. The number of carbonyl (C=O) groups excluding carboxylic acids is 1. The predicted octanol–water partition coefficient (Wildman–Crippen LogP) is 3.55. The van der Waals surface area contributed by atoms with Crippen LogP contribution in [0.2, 0.25) is 5.02 Å². The molecule has 5 heteroatoms. The van der Waals surface area contributed by atoms with Crippen molar-refractivity contribution in [1.82, 2.24) is 5.48 Å². The van der Waals surface area contributed by atoms with E-state index in [0.29, 0.717) is 24.5 Å². The minimum atomic E-state index is -0.145. The second-order valence-corrected chi connectivity index (χ2v) is 5.06. The molecule has 4 nitrogen and oxygen atoms in total. The Morgan fingerprint density at radius 2 is 2.05 bits per heavy atom. The van der Waals surface area contributed by atoms with E-state index in [4.69, 9.17) is 20.9 Å². The van der Waals surface area contributed by atoms with Crippen LogP contribution < -0.4 is 5.48 Å². The number of benzene rings is 1. The predicted molar refractivity (Wildman–Crippen MR) is 80.9 cm³/mol. The van der Waals surface area contributed by atoms with Crippen LogP contribution in [0.15, 0.2) is 47.1 Å². The van der Waals surface area contributed by atoms with Crippen LogP contribution >= 0.6 is 11.6 Å². The van der Waals surface area contributed by atoms with E-state index in [0.717, 1.165) is 24.2 Å². The maximum absolute atomic E-state index is 11.6. The van der Waals surface area contributed by atoms with E-state index in [2.05, 4.69) is 5.48 Å². The Morgan fingerprint density at radius 1 is 1.19 bits per heavy atom. The van der Waals surface area contributed by atoms with Gasteiger partial charge in [0.25, 0.3) is 0 Å². The van der Waals surface area contributed by atoms with E-state index in [-0.39, 0.29) is 5.91 Å². The van der Waals surface area contributed by atoms with E-state index in [9.17, 15) is 4.79 Å². The van der Waals surface area contributed by atoms with Crippen molar-refractivity contribution in [3.8, 4) is 0 Å². The molecule has 0 unspecified atom stereocenters. The molecule has 0 aliphatic heterocycles. The second-order valence-electron chi connectivity index (χ2n) is 4.65. The van der Waals surface area contributed by atoms with Gasteiger partial charge >= 0.3 is 0 Å². The second kappa shape index (κ2) is 8.49. The molecular formula is C16H18ClNO3. The molecule has 21 heavy (non-hydrogen) atoms. The van der Waals surface area contributed by atoms with Crippen LogP contribution in [-0.2, 0) is 22.5 Å². The highest BCUT2D eigenvalue weighted by Crippen LogP contribution is 2.16. The zero-order valence-electron chi connectivity index (χ0n) is 11.7. The standard InChI is InChI=1S/C16H18ClNO3/c17-15-8-2-1-5-13(15)9-10-16(19)18-21-12-4-7-14-6-3-11-20-14/h1-3,5-6,8,11H,4,7,9-10,12H2,(H,18,19). The minimum absolute atomic E-state index is 0.145. The SMILES string of the molecule is O=C(CCc1ccccc1Cl)NOCCCc1ccco1. The Kier molecular flexibility index (Phi) is 6.31. The lowest BCUT2D eigenvalue weighted by atomic mass is 10.1. The van der Waals surface area contributed by atoms with E-state index in [1.54, 1.807) is 6.26 Å². The van der Waals surface area contributed by atoms with Crippen LogP contribution in [0, 0.1) is 0 Å². The van der Waals surface area contributed by atoms with Gasteiger partial charge in [-0.3, -0.25) is 9.63 Å². The summed E-state index contributed by atoms with van der Waals surface area (Å²) >= 11 is 6.03. The van der Waals surface area contributed by atoms with Crippen LogP contribution in [0.3, 0.4) is 0 Å². The first kappa shape index (κ1) is 15.6. The van der Waals surface area contributed by atoms with Gasteiger partial charge in [0.2, 0.25) is 5.91 Å². The summed E-state index contributed by atoms with van der Waals surface area (Å²) in [5.74, 6) is 0.775. The van der Waals surface area contributed by atoms with Crippen LogP contribution in [0.5, 0.6) is 0 Å². The maximum atomic E-state index is 11.6. The van der Waals surface area contributed by atoms with Crippen LogP contribution in [0.4, 0.5) is 0 Å². The number of carbonyl (C=O) groups is 1. The number of hydrogen-bond donors (Lipinski definition) is 1. The summed E-state index contributed by atoms with van der Waals surface area (Å²) in [6.45, 7) is 0.457. The quantitative estimate of drug-likeness (QED) is 0.599. The van der Waals surface area contributed by atoms with Crippen molar-refractivity contribution in [2.24, 2.45) is 0 Å². The van der Waals surface area contributed by atoms with Gasteiger partial charge in [-0.05, 0) is 36.6 Å². The Hall–Kier alpha value is -1.78. The van der Waals surface area contributed by atoms with E-state index in [1.807, 2.05) is 36.4 Å². The summed E-state index contributed by atoms with van der Waals surface area (Å²) in [7, 11) is 0. The zero-order chi connectivity index (χ0) is 14.9. The third kappa shape index (κ3) is 5.61. The van der Waals surface area contributed by atoms with Crippen LogP contribution in [0.25, 0.3) is 0 Å². The monoisotopic (exact) mass is 307 g/mol. The first-order valence-corrected chi connectivity index (χ1v) is 7.30. The normalized spacial score (nSPS) is 10.5. The number of furan rings is 1. The third-order valence-electron chi connectivity index (χ3n) is 3.01. The van der Waals surface area contributed by atoms with Crippen molar-refractivity contribution in [2.45, 2.75) is 25.7 Å². The fourth-order valence-corrected chi connectivity index (χ4v) is 2.14. The van der Waals surface area contributed by atoms with Gasteiger partial charge in [-0.25, -0.2) is 5.48 Å². The Labute approximate surface area is 129 Å². The molecule has 1 aromatic heterocycles. The number of aryl methyl sites for hydroxylation is 2. The van der Waals surface area contributed by atoms with Crippen molar-refractivity contribution >= 4 is 17.5 Å². The molecule has 0 spiro atoms. The highest BCUT2D eigenvalue weighted by molar-refractivity contribution is 6.31. The first-order chi connectivity index (χ1) is 10.3. The van der Waals surface area contributed by atoms with Gasteiger partial charge in [-0.2, -0.15) is 0 Å². The summed E-state index contributed by atoms with van der Waals surface area (Å²) in [5, 5.41) is 0.685. The first-order valence-electron chi connectivity index (χ1n) is 6.92. The molecule has 1 heterocycles. The highest BCUT2D eigenvalue weighted by atomic mass is 35.5. The Morgan fingerprint density at radius 3 is 2.81 bits per heavy atom. The van der Waals surface area contributed by atoms with E-state index >= 15 is 0 Å². The fraction of sp³-hybridized carbons (Fsp3) is 0.312. The van der Waals surface area contributed by atoms with Gasteiger partial charge in [0.05, 0.1) is 12.9 Å². The topological polar surface area (TPSA) is 51.5 Å². The van der Waals surface area contributed by atoms with Gasteiger partial charge in [0.15, 0.2) is 0 Å². The van der Waals surface area contributed by atoms with E-state index < -0.39 is 0 Å². The van der Waals surface area contributed by atoms with Crippen LogP contribution in [0.1, 0.15) is 24.2 Å². The van der Waals surface area contributed by atoms with Crippen molar-refractivity contribution in [2.75, 3.05) is 6.61 Å². The lowest BCUT2D eigenvalue weighted by molar-refractivity contribution is -0.133. The molecule has 0 aliphatic carbocycles. The molecule has 0 saturated heterocycles. The van der Waals surface area contributed by atoms with Gasteiger partial charge in [0, 0.05) is 17.9 Å². The zero-order valence-corrected chi connectivity index (χ0v) is 12.4. The van der Waals surface area contributed by atoms with Gasteiger partial charge in [-0.1, -0.05) is 29.8 Å². The molecule has 0 aliphatic rings. The molecule has 1 N–H and O–H groups in total. The van der Waals surface area contributed by atoms with Crippen LogP contribution in [-0.4, -0.2) is 12.5 Å². The lowest BCUT2D eigenvalue weighted by Gasteiger charge is -2.06. The number of hydrogen-bond acceptors (Lipinski definition) is 3. The van der Waals surface area contributed by atoms with E-state index in [1.165, 1.54) is 0 Å². The molecule has 1 aromatic carbocycles. The summed E-state index contributed by atoms with van der Waals surface area (Å²) in [6.07, 6.45) is 4.18. The molecule has 112 valence electrons. The fourth-order valence-electron chi connectivity index (χ4n) is 1.91. The number of amides is 1. The number of nitrogens with one attached hydrogen (secondary N) is 1. The summed E-state index contributed by atoms with van der Waals surface area (Å²) in [6, 6.07) is 11.3. The molecule has 1 amide bonds.